The summed E-state index contributed by atoms with van der Waals surface area (Å²) in [5.41, 5.74) is 7.71. The molecule has 0 unspecified atom stereocenters. The van der Waals surface area contributed by atoms with Crippen molar-refractivity contribution in [2.75, 3.05) is 12.3 Å². The number of aromatic nitrogens is 4. The van der Waals surface area contributed by atoms with Crippen LogP contribution in [-0.4, -0.2) is 43.4 Å². The van der Waals surface area contributed by atoms with Crippen LogP contribution in [-0.2, 0) is 4.79 Å². The summed E-state index contributed by atoms with van der Waals surface area (Å²) < 4.78 is 7.36. The van der Waals surface area contributed by atoms with Crippen molar-refractivity contribution < 1.29 is 9.53 Å². The minimum Gasteiger partial charge on any atom is -0.457 e. The van der Waals surface area contributed by atoms with Gasteiger partial charge in [-0.1, -0.05) is 31.4 Å². The number of H-pyrrole nitrogens is 1. The Labute approximate surface area is 201 Å². The van der Waals surface area contributed by atoms with Gasteiger partial charge in [0, 0.05) is 12.1 Å². The summed E-state index contributed by atoms with van der Waals surface area (Å²) in [7, 11) is 0. The van der Waals surface area contributed by atoms with Gasteiger partial charge in [-0.2, -0.15) is 10.2 Å². The number of carbonyl (C=O) groups excluding carboxylic acids is 1. The molecule has 9 nitrogen and oxygen atoms in total. The normalized spacial score (nSPS) is 15.3. The fourth-order valence-corrected chi connectivity index (χ4v) is 4.44. The number of hydrogen-bond acceptors (Lipinski definition) is 6. The number of amides is 1. The first kappa shape index (κ1) is 22.1. The highest BCUT2D eigenvalue weighted by Crippen LogP contribution is 2.34. The van der Waals surface area contributed by atoms with E-state index in [4.69, 9.17) is 15.6 Å². The summed E-state index contributed by atoms with van der Waals surface area (Å²) >= 11 is 0. The van der Waals surface area contributed by atoms with Crippen LogP contribution in [0, 0.1) is 0 Å². The molecule has 176 valence electrons. The van der Waals surface area contributed by atoms with E-state index in [0.717, 1.165) is 17.7 Å². The summed E-state index contributed by atoms with van der Waals surface area (Å²) in [6.45, 7) is 8.38. The van der Waals surface area contributed by atoms with Crippen LogP contribution in [0.25, 0.3) is 27.9 Å². The van der Waals surface area contributed by atoms with Crippen molar-refractivity contribution in [3.05, 3.63) is 84.2 Å². The van der Waals surface area contributed by atoms with Crippen molar-refractivity contribution in [3.63, 3.8) is 0 Å². The van der Waals surface area contributed by atoms with Crippen molar-refractivity contribution in [2.24, 2.45) is 0 Å². The molecule has 1 fully saturated rings. The fourth-order valence-electron chi connectivity index (χ4n) is 4.44. The van der Waals surface area contributed by atoms with Crippen molar-refractivity contribution in [2.45, 2.75) is 18.9 Å². The number of ether oxygens (including phenoxy) is 1. The van der Waals surface area contributed by atoms with Gasteiger partial charge in [-0.25, -0.2) is 9.78 Å². The largest absolute Gasteiger partial charge is 0.457 e. The lowest BCUT2D eigenvalue weighted by Crippen LogP contribution is -2.36. The van der Waals surface area contributed by atoms with E-state index in [2.05, 4.69) is 23.4 Å². The Hall–Kier alpha value is -4.66. The zero-order valence-corrected chi connectivity index (χ0v) is 19.0. The highest BCUT2D eigenvalue weighted by molar-refractivity contribution is 6.01. The zero-order valence-electron chi connectivity index (χ0n) is 19.0. The lowest BCUT2D eigenvalue weighted by atomic mass is 10.1. The maximum absolute atomic E-state index is 12.9. The van der Waals surface area contributed by atoms with Gasteiger partial charge in [-0.15, -0.1) is 0 Å². The maximum atomic E-state index is 12.9. The number of nitrogens with one attached hydrogen (secondary N) is 1. The Bertz CT molecular complexity index is 1490. The Morgan fingerprint density at radius 1 is 1.14 bits per heavy atom. The predicted molar refractivity (Wildman–Crippen MR) is 135 cm³/mol. The zero-order chi connectivity index (χ0) is 24.5. The molecular weight excluding hydrogens is 444 g/mol. The number of rotatable bonds is 6. The van der Waals surface area contributed by atoms with Gasteiger partial charge in [-0.05, 0) is 55.3 Å². The number of fused-ring (bicyclic) bond motifs is 1. The minimum absolute atomic E-state index is 0.142. The molecule has 1 aliphatic heterocycles. The molecule has 5 rings (SSSR count). The van der Waals surface area contributed by atoms with E-state index in [1.54, 1.807) is 4.90 Å². The molecule has 1 amide bonds. The molecule has 0 spiro atoms. The van der Waals surface area contributed by atoms with Crippen LogP contribution in [0.2, 0.25) is 0 Å². The first-order valence-electron chi connectivity index (χ1n) is 11.2. The van der Waals surface area contributed by atoms with Gasteiger partial charge in [-0.3, -0.25) is 9.59 Å². The number of hydrogen-bond donors (Lipinski definition) is 2. The molecule has 9 heteroatoms. The first-order chi connectivity index (χ1) is 17.0. The molecule has 0 aliphatic carbocycles. The van der Waals surface area contributed by atoms with Gasteiger partial charge < -0.3 is 15.4 Å². The molecule has 1 aliphatic rings. The Morgan fingerprint density at radius 2 is 1.86 bits per heavy atom. The molecule has 4 aromatic rings. The van der Waals surface area contributed by atoms with Crippen molar-refractivity contribution in [3.8, 4) is 22.8 Å². The average molecular weight is 469 g/mol. The third kappa shape index (κ3) is 3.97. The number of nitrogens with two attached hydrogens (primary N) is 1. The number of para-hydroxylation sites is 1. The summed E-state index contributed by atoms with van der Waals surface area (Å²) in [6.07, 6.45) is 2.81. The molecule has 2 aromatic carbocycles. The van der Waals surface area contributed by atoms with Crippen LogP contribution < -0.4 is 16.0 Å². The number of nitrogens with zero attached hydrogens (tertiary/aromatic N) is 4. The fraction of sp³-hybridized carbons (Fsp3) is 0.154. The number of likely N-dealkylation sites (tertiary alicyclic amines) is 1. The van der Waals surface area contributed by atoms with Crippen LogP contribution >= 0.6 is 0 Å². The number of aromatic amines is 1. The summed E-state index contributed by atoms with van der Waals surface area (Å²) in [4.78, 5) is 26.9. The van der Waals surface area contributed by atoms with Crippen molar-refractivity contribution >= 4 is 28.3 Å². The Morgan fingerprint density at radius 3 is 2.57 bits per heavy atom. The van der Waals surface area contributed by atoms with E-state index in [-0.39, 0.29) is 23.3 Å². The van der Waals surface area contributed by atoms with E-state index in [1.165, 1.54) is 10.8 Å². The van der Waals surface area contributed by atoms with E-state index < -0.39 is 5.56 Å². The highest BCUT2D eigenvalue weighted by atomic mass is 16.5. The molecular formula is C26H24N6O3. The quantitative estimate of drug-likeness (QED) is 0.415. The minimum atomic E-state index is -0.447. The van der Waals surface area contributed by atoms with Gasteiger partial charge in [0.05, 0.1) is 17.1 Å². The summed E-state index contributed by atoms with van der Waals surface area (Å²) in [6, 6.07) is 16.5. The number of carbonyl (C=O) groups is 1. The molecule has 0 radical (unpaired) electrons. The van der Waals surface area contributed by atoms with Gasteiger partial charge in [0.2, 0.25) is 5.91 Å². The summed E-state index contributed by atoms with van der Waals surface area (Å²) in [5, 5.41) is 11.5. The molecule has 0 bridgehead atoms. The van der Waals surface area contributed by atoms with Crippen LogP contribution in [0.15, 0.2) is 78.6 Å². The van der Waals surface area contributed by atoms with Gasteiger partial charge in [0.15, 0.2) is 5.82 Å². The number of nitrogen functional groups attached to an aromatic ring is 1. The number of benzene rings is 2. The van der Waals surface area contributed by atoms with Gasteiger partial charge in [0.1, 0.15) is 22.7 Å². The lowest BCUT2D eigenvalue weighted by molar-refractivity contribution is -0.125. The second kappa shape index (κ2) is 8.94. The third-order valence-corrected chi connectivity index (χ3v) is 6.11. The van der Waals surface area contributed by atoms with Crippen LogP contribution in [0.4, 0.5) is 5.82 Å². The smallest absolute Gasteiger partial charge is 0.290 e. The van der Waals surface area contributed by atoms with Crippen LogP contribution in [0.5, 0.6) is 11.5 Å². The van der Waals surface area contributed by atoms with E-state index in [0.29, 0.717) is 35.5 Å². The second-order valence-electron chi connectivity index (χ2n) is 8.25. The van der Waals surface area contributed by atoms with Crippen molar-refractivity contribution in [1.29, 1.82) is 0 Å². The average Bonchev–Trinajstić information content (AvgIpc) is 3.53. The molecule has 3 heterocycles. The molecule has 1 saturated heterocycles. The molecule has 2 aromatic heterocycles. The summed E-state index contributed by atoms with van der Waals surface area (Å²) in [5.74, 6) is 1.33. The number of anilines is 1. The van der Waals surface area contributed by atoms with Gasteiger partial charge in [0.25, 0.3) is 5.56 Å². The lowest BCUT2D eigenvalue weighted by Gasteiger charge is -2.25. The van der Waals surface area contributed by atoms with Crippen LogP contribution in [0.1, 0.15) is 12.8 Å². The monoisotopic (exact) mass is 468 g/mol. The SMILES string of the molecule is C=CC(=O)N1CCC[C@@H]1C(=C)n1nc(-c2ccc(Oc3ccccc3)cc2)c2c(N)n[nH]c(=O)c21. The highest BCUT2D eigenvalue weighted by Gasteiger charge is 2.32. The topological polar surface area (TPSA) is 119 Å². The maximum Gasteiger partial charge on any atom is 0.290 e. The molecule has 3 N–H and O–H groups in total. The second-order valence-corrected chi connectivity index (χ2v) is 8.25. The van der Waals surface area contributed by atoms with Gasteiger partial charge >= 0.3 is 0 Å². The van der Waals surface area contributed by atoms with E-state index in [1.807, 2.05) is 54.6 Å². The standard InChI is InChI=1S/C26H24N6O3/c1-3-21(33)31-15-7-10-20(31)16(2)32-24-22(25(27)28-29-26(24)34)23(30-32)17-11-13-19(14-12-17)35-18-8-5-4-6-9-18/h3-6,8-9,11-14,20H,1-2,7,10,15H2,(H2,27,28)(H,29,34)/t20-/m1/s1. The van der Waals surface area contributed by atoms with E-state index in [9.17, 15) is 9.59 Å². The Balaban J connectivity index is 1.57. The molecule has 35 heavy (non-hydrogen) atoms. The molecule has 0 saturated carbocycles. The Kier molecular flexibility index (Phi) is 5.66. The predicted octanol–water partition coefficient (Wildman–Crippen LogP) is 3.81. The van der Waals surface area contributed by atoms with Crippen LogP contribution in [0.3, 0.4) is 0 Å². The van der Waals surface area contributed by atoms with Crippen molar-refractivity contribution in [1.82, 2.24) is 24.9 Å². The molecule has 1 atom stereocenters. The third-order valence-electron chi connectivity index (χ3n) is 6.11. The van der Waals surface area contributed by atoms with E-state index >= 15 is 0 Å². The first-order valence-corrected chi connectivity index (χ1v) is 11.2.